The summed E-state index contributed by atoms with van der Waals surface area (Å²) in [4.78, 5) is 0. The Hall–Kier alpha value is -1.03. The summed E-state index contributed by atoms with van der Waals surface area (Å²) < 4.78 is 37.0. The highest BCUT2D eigenvalue weighted by molar-refractivity contribution is 5.38. The third-order valence-electron chi connectivity index (χ3n) is 2.27. The van der Waals surface area contributed by atoms with E-state index < -0.39 is 11.7 Å². The fourth-order valence-corrected chi connectivity index (χ4v) is 1.26. The van der Waals surface area contributed by atoms with Crippen molar-refractivity contribution in [2.24, 2.45) is 0 Å². The van der Waals surface area contributed by atoms with E-state index in [2.05, 4.69) is 0 Å². The molecule has 0 bridgehead atoms. The van der Waals surface area contributed by atoms with Gasteiger partial charge in [0.05, 0.1) is 12.2 Å². The number of benzene rings is 1. The number of aliphatic hydroxyl groups excluding tert-OH is 1. The second kappa shape index (κ2) is 5.89. The molecule has 1 aromatic carbocycles. The van der Waals surface area contributed by atoms with E-state index in [1.165, 1.54) is 0 Å². The molecule has 0 heterocycles. The lowest BCUT2D eigenvalue weighted by Crippen LogP contribution is -2.07. The van der Waals surface area contributed by atoms with Crippen LogP contribution in [0.1, 0.15) is 36.1 Å². The van der Waals surface area contributed by atoms with Crippen molar-refractivity contribution in [3.05, 3.63) is 34.4 Å². The molecule has 0 saturated heterocycles. The van der Waals surface area contributed by atoms with E-state index in [9.17, 15) is 13.2 Å². The number of aliphatic hydroxyl groups is 1. The summed E-state index contributed by atoms with van der Waals surface area (Å²) in [5.74, 6) is 0. The predicted octanol–water partition coefficient (Wildman–Crippen LogP) is 3.84. The number of hydrogen-bond acceptors (Lipinski definition) is 1. The maximum absolute atomic E-state index is 12.3. The predicted molar refractivity (Wildman–Crippen MR) is 58.2 cm³/mol. The van der Waals surface area contributed by atoms with Crippen LogP contribution in [-0.4, -0.2) is 5.11 Å². The van der Waals surface area contributed by atoms with Gasteiger partial charge in [0, 0.05) is 0 Å². The summed E-state index contributed by atoms with van der Waals surface area (Å²) in [7, 11) is 0. The average Bonchev–Trinajstić information content (AvgIpc) is 2.23. The molecule has 16 heavy (non-hydrogen) atoms. The Labute approximate surface area is 93.9 Å². The normalized spacial score (nSPS) is 10.8. The number of aryl methyl sites for hydroxylation is 1. The molecular weight excluding hydrogens is 217 g/mol. The van der Waals surface area contributed by atoms with Crippen LogP contribution in [0.3, 0.4) is 0 Å². The van der Waals surface area contributed by atoms with Crippen LogP contribution in [-0.2, 0) is 12.8 Å². The number of alkyl halides is 3. The van der Waals surface area contributed by atoms with E-state index in [0.29, 0.717) is 16.7 Å². The molecule has 0 aliphatic heterocycles. The topological polar surface area (TPSA) is 20.2 Å². The SMILES string of the molecule is CC.Cc1cc(C(F)(F)F)cc(CO)c1C. The molecule has 0 fully saturated rings. The molecule has 0 amide bonds. The number of hydrogen-bond donors (Lipinski definition) is 1. The van der Waals surface area contributed by atoms with Gasteiger partial charge in [0.1, 0.15) is 0 Å². The molecule has 0 aliphatic carbocycles. The number of rotatable bonds is 1. The highest BCUT2D eigenvalue weighted by Gasteiger charge is 2.31. The van der Waals surface area contributed by atoms with Crippen molar-refractivity contribution < 1.29 is 18.3 Å². The molecule has 92 valence electrons. The summed E-state index contributed by atoms with van der Waals surface area (Å²) in [5.41, 5.74) is 0.881. The van der Waals surface area contributed by atoms with Gasteiger partial charge in [-0.15, -0.1) is 0 Å². The number of halogens is 3. The van der Waals surface area contributed by atoms with E-state index in [-0.39, 0.29) is 6.61 Å². The van der Waals surface area contributed by atoms with Gasteiger partial charge in [-0.25, -0.2) is 0 Å². The molecule has 0 spiro atoms. The van der Waals surface area contributed by atoms with E-state index in [1.807, 2.05) is 13.8 Å². The van der Waals surface area contributed by atoms with Crippen molar-refractivity contribution in [3.8, 4) is 0 Å². The van der Waals surface area contributed by atoms with Gasteiger partial charge in [-0.3, -0.25) is 0 Å². The minimum absolute atomic E-state index is 0.331. The Morgan fingerprint density at radius 3 is 2.00 bits per heavy atom. The van der Waals surface area contributed by atoms with Crippen LogP contribution in [0.25, 0.3) is 0 Å². The Bertz CT molecular complexity index is 343. The molecule has 0 radical (unpaired) electrons. The first kappa shape index (κ1) is 15.0. The third-order valence-corrected chi connectivity index (χ3v) is 2.27. The summed E-state index contributed by atoms with van der Waals surface area (Å²) in [6, 6.07) is 2.08. The van der Waals surface area contributed by atoms with Gasteiger partial charge >= 0.3 is 6.18 Å². The van der Waals surface area contributed by atoms with Gasteiger partial charge in [0.2, 0.25) is 0 Å². The summed E-state index contributed by atoms with van der Waals surface area (Å²) in [6.07, 6.45) is -4.34. The van der Waals surface area contributed by atoms with Crippen LogP contribution in [0.2, 0.25) is 0 Å². The Kier molecular flexibility index (Phi) is 5.51. The highest BCUT2D eigenvalue weighted by Crippen LogP contribution is 2.31. The van der Waals surface area contributed by atoms with E-state index in [0.717, 1.165) is 12.1 Å². The fourth-order valence-electron chi connectivity index (χ4n) is 1.26. The highest BCUT2D eigenvalue weighted by atomic mass is 19.4. The fraction of sp³-hybridized carbons (Fsp3) is 0.500. The minimum Gasteiger partial charge on any atom is -0.392 e. The van der Waals surface area contributed by atoms with Crippen molar-refractivity contribution in [2.45, 2.75) is 40.5 Å². The molecule has 1 N–H and O–H groups in total. The van der Waals surface area contributed by atoms with Gasteiger partial charge in [-0.1, -0.05) is 13.8 Å². The van der Waals surface area contributed by atoms with Crippen molar-refractivity contribution in [3.63, 3.8) is 0 Å². The Balaban J connectivity index is 0.00000106. The first-order valence-electron chi connectivity index (χ1n) is 5.14. The standard InChI is InChI=1S/C10H11F3O.C2H6/c1-6-3-9(10(11,12)13)4-8(5-14)7(6)2;1-2/h3-4,14H,5H2,1-2H3;1-2H3. The lowest BCUT2D eigenvalue weighted by atomic mass is 10.00. The molecule has 0 aliphatic rings. The molecule has 1 nitrogen and oxygen atoms in total. The zero-order valence-corrected chi connectivity index (χ0v) is 9.94. The lowest BCUT2D eigenvalue weighted by molar-refractivity contribution is -0.137. The second-order valence-corrected chi connectivity index (χ2v) is 3.23. The van der Waals surface area contributed by atoms with E-state index in [1.54, 1.807) is 13.8 Å². The molecule has 0 atom stereocenters. The van der Waals surface area contributed by atoms with Gasteiger partial charge in [-0.05, 0) is 42.7 Å². The molecule has 0 unspecified atom stereocenters. The molecule has 0 aromatic heterocycles. The van der Waals surface area contributed by atoms with Crippen LogP contribution in [0, 0.1) is 13.8 Å². The van der Waals surface area contributed by atoms with Gasteiger partial charge < -0.3 is 5.11 Å². The zero-order chi connectivity index (χ0) is 12.9. The quantitative estimate of drug-likeness (QED) is 0.782. The van der Waals surface area contributed by atoms with Crippen molar-refractivity contribution in [2.75, 3.05) is 0 Å². The first-order valence-corrected chi connectivity index (χ1v) is 5.14. The monoisotopic (exact) mass is 234 g/mol. The molecule has 4 heteroatoms. The zero-order valence-electron chi connectivity index (χ0n) is 9.94. The van der Waals surface area contributed by atoms with E-state index in [4.69, 9.17) is 5.11 Å². The largest absolute Gasteiger partial charge is 0.416 e. The van der Waals surface area contributed by atoms with Crippen molar-refractivity contribution in [1.29, 1.82) is 0 Å². The maximum Gasteiger partial charge on any atom is 0.416 e. The van der Waals surface area contributed by atoms with Gasteiger partial charge in [0.15, 0.2) is 0 Å². The lowest BCUT2D eigenvalue weighted by Gasteiger charge is -2.12. The summed E-state index contributed by atoms with van der Waals surface area (Å²) in [6.45, 7) is 6.93. The van der Waals surface area contributed by atoms with Crippen molar-refractivity contribution in [1.82, 2.24) is 0 Å². The summed E-state index contributed by atoms with van der Waals surface area (Å²) in [5, 5.41) is 8.87. The smallest absolute Gasteiger partial charge is 0.392 e. The third kappa shape index (κ3) is 3.52. The summed E-state index contributed by atoms with van der Waals surface area (Å²) >= 11 is 0. The van der Waals surface area contributed by atoms with Crippen molar-refractivity contribution >= 4 is 0 Å². The molecule has 1 aromatic rings. The molecule has 1 rings (SSSR count). The van der Waals surface area contributed by atoms with Crippen LogP contribution in [0.5, 0.6) is 0 Å². The first-order chi connectivity index (χ1) is 7.36. The van der Waals surface area contributed by atoms with Gasteiger partial charge in [-0.2, -0.15) is 13.2 Å². The van der Waals surface area contributed by atoms with Crippen LogP contribution >= 0.6 is 0 Å². The van der Waals surface area contributed by atoms with Crippen LogP contribution < -0.4 is 0 Å². The van der Waals surface area contributed by atoms with Crippen LogP contribution in [0.15, 0.2) is 12.1 Å². The molecular formula is C12H17F3O. The Morgan fingerprint density at radius 2 is 1.62 bits per heavy atom. The van der Waals surface area contributed by atoms with E-state index >= 15 is 0 Å². The van der Waals surface area contributed by atoms with Crippen LogP contribution in [0.4, 0.5) is 13.2 Å². The second-order valence-electron chi connectivity index (χ2n) is 3.23. The average molecular weight is 234 g/mol. The molecule has 0 saturated carbocycles. The van der Waals surface area contributed by atoms with Gasteiger partial charge in [0.25, 0.3) is 0 Å². The minimum atomic E-state index is -4.34. The Morgan fingerprint density at radius 1 is 1.12 bits per heavy atom. The maximum atomic E-state index is 12.3.